The third-order valence-corrected chi connectivity index (χ3v) is 5.53. The zero-order chi connectivity index (χ0) is 21.5. The van der Waals surface area contributed by atoms with Crippen LogP contribution in [0.4, 0.5) is 0 Å². The third-order valence-electron chi connectivity index (χ3n) is 5.53. The molecule has 0 atom stereocenters. The van der Waals surface area contributed by atoms with Crippen LogP contribution in [-0.4, -0.2) is 19.9 Å². The first-order chi connectivity index (χ1) is 14.2. The van der Waals surface area contributed by atoms with E-state index in [4.69, 9.17) is 0 Å². The van der Waals surface area contributed by atoms with Crippen LogP contribution in [0.1, 0.15) is 52.7 Å². The Morgan fingerprint density at radius 2 is 1.17 bits per heavy atom. The summed E-state index contributed by atoms with van der Waals surface area (Å²) in [5.74, 6) is 0. The second kappa shape index (κ2) is 7.28. The van der Waals surface area contributed by atoms with Crippen LogP contribution in [0.2, 0.25) is 0 Å². The van der Waals surface area contributed by atoms with Gasteiger partial charge in [0.15, 0.2) is 0 Å². The van der Waals surface area contributed by atoms with Gasteiger partial charge in [-0.15, -0.1) is 0 Å². The highest BCUT2D eigenvalue weighted by molar-refractivity contribution is 6.06. The van der Waals surface area contributed by atoms with E-state index in [1.807, 2.05) is 24.8 Å². The first-order valence-corrected chi connectivity index (χ1v) is 10.3. The molecule has 0 bridgehead atoms. The molecule has 0 aliphatic rings. The maximum Gasteiger partial charge on any atom is 0.115 e. The van der Waals surface area contributed by atoms with E-state index in [2.05, 4.69) is 85.7 Å². The van der Waals surface area contributed by atoms with Crippen molar-refractivity contribution in [3.8, 4) is 22.3 Å². The van der Waals surface area contributed by atoms with E-state index in [0.29, 0.717) is 0 Å². The van der Waals surface area contributed by atoms with Crippen LogP contribution >= 0.6 is 0 Å². The molecule has 4 heteroatoms. The van der Waals surface area contributed by atoms with Crippen molar-refractivity contribution in [2.75, 3.05) is 0 Å². The van der Waals surface area contributed by atoms with Crippen molar-refractivity contribution in [3.05, 3.63) is 72.8 Å². The van der Waals surface area contributed by atoms with Crippen LogP contribution < -0.4 is 0 Å². The number of hydrogen-bond donors (Lipinski definition) is 0. The van der Waals surface area contributed by atoms with Gasteiger partial charge >= 0.3 is 0 Å². The number of rotatable bonds is 2. The van der Waals surface area contributed by atoms with Crippen molar-refractivity contribution in [2.24, 2.45) is 0 Å². The van der Waals surface area contributed by atoms with Gasteiger partial charge in [0.25, 0.3) is 0 Å². The lowest BCUT2D eigenvalue weighted by molar-refractivity contribution is 0.590. The average molecular weight is 397 g/mol. The lowest BCUT2D eigenvalue weighted by Crippen LogP contribution is -2.14. The molecule has 4 rings (SSSR count). The molecule has 0 spiro atoms. The van der Waals surface area contributed by atoms with Gasteiger partial charge in [0.2, 0.25) is 0 Å². The molecular formula is C26H28N4. The molecule has 0 fully saturated rings. The number of fused-ring (bicyclic) bond motifs is 1. The molecule has 0 radical (unpaired) electrons. The summed E-state index contributed by atoms with van der Waals surface area (Å²) in [5.41, 5.74) is 6.95. The van der Waals surface area contributed by atoms with E-state index in [1.54, 1.807) is 12.7 Å². The summed E-state index contributed by atoms with van der Waals surface area (Å²) in [6, 6.07) is 9.11. The van der Waals surface area contributed by atoms with Crippen LogP contribution in [0.25, 0.3) is 33.0 Å². The summed E-state index contributed by atoms with van der Waals surface area (Å²) in [6.07, 6.45) is 10.7. The van der Waals surface area contributed by atoms with Gasteiger partial charge in [0, 0.05) is 35.9 Å². The van der Waals surface area contributed by atoms with Crippen LogP contribution in [-0.2, 0) is 10.8 Å². The Balaban J connectivity index is 2.18. The second-order valence-electron chi connectivity index (χ2n) is 9.86. The highest BCUT2D eigenvalue weighted by atomic mass is 14.8. The second-order valence-corrected chi connectivity index (χ2v) is 9.86. The lowest BCUT2D eigenvalue weighted by Gasteiger charge is -2.27. The van der Waals surface area contributed by atoms with Gasteiger partial charge < -0.3 is 0 Å². The molecule has 2 aromatic carbocycles. The smallest absolute Gasteiger partial charge is 0.115 e. The molecule has 0 aliphatic heterocycles. The summed E-state index contributed by atoms with van der Waals surface area (Å²) in [5, 5.41) is 2.40. The number of aromatic nitrogens is 4. The topological polar surface area (TPSA) is 51.6 Å². The van der Waals surface area contributed by atoms with E-state index in [9.17, 15) is 0 Å². The van der Waals surface area contributed by atoms with Crippen molar-refractivity contribution >= 4 is 10.8 Å². The molecule has 4 nitrogen and oxygen atoms in total. The summed E-state index contributed by atoms with van der Waals surface area (Å²) in [6.45, 7) is 13.5. The fourth-order valence-electron chi connectivity index (χ4n) is 3.90. The van der Waals surface area contributed by atoms with E-state index >= 15 is 0 Å². The molecule has 30 heavy (non-hydrogen) atoms. The van der Waals surface area contributed by atoms with E-state index in [-0.39, 0.29) is 10.8 Å². The minimum absolute atomic E-state index is 0.0529. The Hall–Kier alpha value is -3.14. The predicted octanol–water partition coefficient (Wildman–Crippen LogP) is 6.35. The zero-order valence-corrected chi connectivity index (χ0v) is 18.6. The van der Waals surface area contributed by atoms with Crippen molar-refractivity contribution in [1.29, 1.82) is 0 Å². The molecule has 4 aromatic rings. The highest BCUT2D eigenvalue weighted by Gasteiger charge is 2.25. The molecular weight excluding hydrogens is 368 g/mol. The average Bonchev–Trinajstić information content (AvgIpc) is 2.72. The van der Waals surface area contributed by atoms with Gasteiger partial charge in [0.05, 0.1) is 0 Å². The van der Waals surface area contributed by atoms with Crippen LogP contribution in [0.3, 0.4) is 0 Å². The lowest BCUT2D eigenvalue weighted by atomic mass is 9.77. The van der Waals surface area contributed by atoms with Crippen LogP contribution in [0.15, 0.2) is 61.7 Å². The Bertz CT molecular complexity index is 1190. The third kappa shape index (κ3) is 3.70. The molecule has 0 N–H and O–H groups in total. The Morgan fingerprint density at radius 3 is 1.70 bits per heavy atom. The maximum absolute atomic E-state index is 4.30. The van der Waals surface area contributed by atoms with Gasteiger partial charge in [-0.25, -0.2) is 19.9 Å². The SMILES string of the molecule is CC(C)(C)c1ccc2c(-c3cncnc3)c(C(C)(C)C)cc(-c3cncnc3)c2c1. The van der Waals surface area contributed by atoms with E-state index in [0.717, 1.165) is 16.7 Å². The first-order valence-electron chi connectivity index (χ1n) is 10.3. The molecule has 0 aliphatic carbocycles. The van der Waals surface area contributed by atoms with Crippen LogP contribution in [0.5, 0.6) is 0 Å². The highest BCUT2D eigenvalue weighted by Crippen LogP contribution is 2.43. The molecule has 0 amide bonds. The minimum Gasteiger partial charge on any atom is -0.244 e. The van der Waals surface area contributed by atoms with Gasteiger partial charge in [0.1, 0.15) is 12.7 Å². The fourth-order valence-corrected chi connectivity index (χ4v) is 3.90. The van der Waals surface area contributed by atoms with Gasteiger partial charge in [-0.3, -0.25) is 0 Å². The van der Waals surface area contributed by atoms with Crippen molar-refractivity contribution in [3.63, 3.8) is 0 Å². The molecule has 2 heterocycles. The van der Waals surface area contributed by atoms with Gasteiger partial charge in [-0.2, -0.15) is 0 Å². The van der Waals surface area contributed by atoms with Crippen molar-refractivity contribution in [1.82, 2.24) is 19.9 Å². The van der Waals surface area contributed by atoms with Crippen molar-refractivity contribution in [2.45, 2.75) is 52.4 Å². The Morgan fingerprint density at radius 1 is 0.600 bits per heavy atom. The van der Waals surface area contributed by atoms with E-state index in [1.165, 1.54) is 27.5 Å². The Labute approximate surface area is 178 Å². The normalized spacial score (nSPS) is 12.3. The predicted molar refractivity (Wildman–Crippen MR) is 123 cm³/mol. The maximum atomic E-state index is 4.30. The number of nitrogens with zero attached hydrogens (tertiary/aromatic N) is 4. The Kier molecular flexibility index (Phi) is 4.89. The van der Waals surface area contributed by atoms with Crippen LogP contribution in [0, 0.1) is 0 Å². The summed E-state index contributed by atoms with van der Waals surface area (Å²) >= 11 is 0. The molecule has 0 unspecified atom stereocenters. The standard InChI is InChI=1S/C26H28N4/c1-25(2,3)19-7-8-20-22(9-19)21(17-11-27-15-28-12-17)10-23(26(4,5)6)24(20)18-13-29-16-30-14-18/h7-16H,1-6H3. The fraction of sp³-hybridized carbons (Fsp3) is 0.308. The number of benzene rings is 2. The van der Waals surface area contributed by atoms with Gasteiger partial charge in [-0.1, -0.05) is 53.7 Å². The molecule has 2 aromatic heterocycles. The molecule has 152 valence electrons. The van der Waals surface area contributed by atoms with E-state index < -0.39 is 0 Å². The summed E-state index contributed by atoms with van der Waals surface area (Å²) in [7, 11) is 0. The molecule has 0 saturated carbocycles. The van der Waals surface area contributed by atoms with Crippen molar-refractivity contribution < 1.29 is 0 Å². The van der Waals surface area contributed by atoms with Gasteiger partial charge in [-0.05, 0) is 56.0 Å². The largest absolute Gasteiger partial charge is 0.244 e. The summed E-state index contributed by atoms with van der Waals surface area (Å²) < 4.78 is 0. The zero-order valence-electron chi connectivity index (χ0n) is 18.6. The molecule has 0 saturated heterocycles. The summed E-state index contributed by atoms with van der Waals surface area (Å²) in [4.78, 5) is 17.2. The minimum atomic E-state index is -0.0630. The monoisotopic (exact) mass is 396 g/mol. The quantitative estimate of drug-likeness (QED) is 0.396. The number of hydrogen-bond acceptors (Lipinski definition) is 4. The first kappa shape index (κ1) is 20.1.